The van der Waals surface area contributed by atoms with Gasteiger partial charge in [0.05, 0.1) is 11.4 Å². The molecule has 1 aromatic heterocycles. The van der Waals surface area contributed by atoms with E-state index in [-0.39, 0.29) is 16.5 Å². The van der Waals surface area contributed by atoms with Crippen molar-refractivity contribution in [1.82, 2.24) is 15.1 Å². The highest BCUT2D eigenvalue weighted by atomic mass is 32.2. The van der Waals surface area contributed by atoms with Gasteiger partial charge in [-0.05, 0) is 24.5 Å². The number of hydrogen-bond donors (Lipinski definition) is 2. The molecule has 1 aromatic carbocycles. The molecule has 0 aliphatic rings. The molecule has 7 nitrogen and oxygen atoms in total. The van der Waals surface area contributed by atoms with Crippen LogP contribution in [0.5, 0.6) is 0 Å². The molecule has 0 spiro atoms. The van der Waals surface area contributed by atoms with Gasteiger partial charge < -0.3 is 5.11 Å². The highest BCUT2D eigenvalue weighted by Crippen LogP contribution is 2.25. The van der Waals surface area contributed by atoms with E-state index in [9.17, 15) is 9.18 Å². The topological polar surface area (TPSA) is 103 Å². The monoisotopic (exact) mass is 319 g/mol. The minimum Gasteiger partial charge on any atom is -0.476 e. The van der Waals surface area contributed by atoms with Gasteiger partial charge in [0, 0.05) is 12.3 Å². The first kappa shape index (κ1) is 15.5. The normalized spacial score (nSPS) is 11.0. The van der Waals surface area contributed by atoms with Gasteiger partial charge in [-0.15, -0.1) is 0 Å². The minimum absolute atomic E-state index is 0.139. The van der Waals surface area contributed by atoms with Crippen molar-refractivity contribution in [2.24, 2.45) is 4.99 Å². The molecule has 2 N–H and O–H groups in total. The number of halogens is 1. The Hall–Kier alpha value is -2.86. The van der Waals surface area contributed by atoms with Crippen LogP contribution in [0, 0.1) is 17.3 Å². The predicted molar refractivity (Wildman–Crippen MR) is 79.8 cm³/mol. The van der Waals surface area contributed by atoms with E-state index in [1.165, 1.54) is 46.9 Å². The summed E-state index contributed by atoms with van der Waals surface area (Å²) in [4.78, 5) is 15.0. The average Bonchev–Trinajstić information content (AvgIpc) is 2.97. The van der Waals surface area contributed by atoms with E-state index >= 15 is 0 Å². The summed E-state index contributed by atoms with van der Waals surface area (Å²) >= 11 is 1.18. The third-order valence-corrected chi connectivity index (χ3v) is 3.15. The van der Waals surface area contributed by atoms with E-state index < -0.39 is 11.8 Å². The van der Waals surface area contributed by atoms with Gasteiger partial charge in [-0.1, -0.05) is 11.8 Å². The number of rotatable bonds is 3. The lowest BCUT2D eigenvalue weighted by Crippen LogP contribution is -2.12. The molecule has 0 atom stereocenters. The Morgan fingerprint density at radius 2 is 2.32 bits per heavy atom. The number of carbonyl (C=O) groups is 1. The van der Waals surface area contributed by atoms with Crippen LogP contribution in [0.25, 0.3) is 5.69 Å². The van der Waals surface area contributed by atoms with Crippen molar-refractivity contribution in [1.29, 1.82) is 5.26 Å². The molecule has 0 aliphatic heterocycles. The molecule has 0 bridgehead atoms. The fraction of sp³-hybridized carbons (Fsp3) is 0.0769. The predicted octanol–water partition coefficient (Wildman–Crippen LogP) is 2.13. The van der Waals surface area contributed by atoms with Gasteiger partial charge in [-0.3, -0.25) is 5.32 Å². The van der Waals surface area contributed by atoms with Gasteiger partial charge in [0.2, 0.25) is 0 Å². The molecule has 22 heavy (non-hydrogen) atoms. The summed E-state index contributed by atoms with van der Waals surface area (Å²) in [5.41, 5.74) is 0.465. The van der Waals surface area contributed by atoms with Crippen LogP contribution in [0.15, 0.2) is 35.5 Å². The van der Waals surface area contributed by atoms with Crippen LogP contribution < -0.4 is 5.32 Å². The Morgan fingerprint density at radius 1 is 1.55 bits per heavy atom. The Labute approximate surface area is 129 Å². The maximum absolute atomic E-state index is 13.5. The van der Waals surface area contributed by atoms with Gasteiger partial charge in [0.1, 0.15) is 5.82 Å². The van der Waals surface area contributed by atoms with E-state index in [1.807, 2.05) is 0 Å². The second kappa shape index (κ2) is 6.73. The molecule has 2 rings (SSSR count). The molecule has 0 amide bonds. The summed E-state index contributed by atoms with van der Waals surface area (Å²) < 4.78 is 14.7. The minimum atomic E-state index is -1.16. The molecular weight excluding hydrogens is 309 g/mol. The van der Waals surface area contributed by atoms with Crippen LogP contribution in [0.2, 0.25) is 0 Å². The standard InChI is InChI=1S/C13H10FN5O2S/c1-22-13(16-7-15)17-10-6-8(14)2-3-11(10)19-5-4-9(18-19)12(20)21/h2-6H,1H3,(H,16,17)(H,20,21). The summed E-state index contributed by atoms with van der Waals surface area (Å²) in [7, 11) is 0. The molecule has 2 aromatic rings. The number of carboxylic acid groups (broad SMARTS) is 1. The fourth-order valence-corrected chi connectivity index (χ4v) is 1.97. The van der Waals surface area contributed by atoms with Crippen molar-refractivity contribution in [2.75, 3.05) is 6.26 Å². The van der Waals surface area contributed by atoms with Crippen LogP contribution in [-0.4, -0.2) is 32.3 Å². The number of thioether (sulfide) groups is 1. The number of benzene rings is 1. The molecular formula is C13H10FN5O2S. The number of aliphatic imine (C=N–C) groups is 1. The Bertz CT molecular complexity index is 781. The van der Waals surface area contributed by atoms with Crippen LogP contribution in [0.4, 0.5) is 10.1 Å². The van der Waals surface area contributed by atoms with Crippen LogP contribution in [0.3, 0.4) is 0 Å². The zero-order valence-electron chi connectivity index (χ0n) is 11.3. The van der Waals surface area contributed by atoms with Gasteiger partial charge in [-0.2, -0.15) is 10.4 Å². The summed E-state index contributed by atoms with van der Waals surface area (Å²) in [6.45, 7) is 0. The van der Waals surface area contributed by atoms with Crippen molar-refractivity contribution < 1.29 is 14.3 Å². The Morgan fingerprint density at radius 3 is 2.91 bits per heavy atom. The lowest BCUT2D eigenvalue weighted by atomic mass is 10.2. The molecule has 0 saturated heterocycles. The number of nitrogens with zero attached hydrogens (tertiary/aromatic N) is 4. The number of aromatic nitrogens is 2. The Kier molecular flexibility index (Phi) is 4.75. The smallest absolute Gasteiger partial charge is 0.356 e. The highest BCUT2D eigenvalue weighted by molar-refractivity contribution is 8.13. The largest absolute Gasteiger partial charge is 0.476 e. The van der Waals surface area contributed by atoms with Gasteiger partial charge in [0.15, 0.2) is 17.1 Å². The van der Waals surface area contributed by atoms with Crippen molar-refractivity contribution >= 4 is 28.6 Å². The van der Waals surface area contributed by atoms with Crippen LogP contribution in [-0.2, 0) is 0 Å². The van der Waals surface area contributed by atoms with Crippen LogP contribution >= 0.6 is 11.8 Å². The maximum Gasteiger partial charge on any atom is 0.356 e. The number of nitrogens with one attached hydrogen (secondary N) is 1. The van der Waals surface area contributed by atoms with E-state index in [0.717, 1.165) is 0 Å². The first-order valence-electron chi connectivity index (χ1n) is 5.92. The van der Waals surface area contributed by atoms with Crippen molar-refractivity contribution in [3.8, 4) is 11.9 Å². The second-order valence-electron chi connectivity index (χ2n) is 3.94. The lowest BCUT2D eigenvalue weighted by Gasteiger charge is -2.07. The SMILES string of the molecule is CSC(=Nc1cc(F)ccc1-n1ccc(C(=O)O)n1)NC#N. The molecule has 9 heteroatoms. The molecule has 1 heterocycles. The van der Waals surface area contributed by atoms with Gasteiger partial charge in [0.25, 0.3) is 0 Å². The molecule has 0 radical (unpaired) electrons. The molecule has 0 fully saturated rings. The average molecular weight is 319 g/mol. The van der Waals surface area contributed by atoms with Crippen LogP contribution in [0.1, 0.15) is 10.5 Å². The van der Waals surface area contributed by atoms with E-state index in [2.05, 4.69) is 15.4 Å². The number of aromatic carboxylic acids is 1. The van der Waals surface area contributed by atoms with Crippen molar-refractivity contribution in [3.63, 3.8) is 0 Å². The third kappa shape index (κ3) is 3.42. The molecule has 0 saturated carbocycles. The summed E-state index contributed by atoms with van der Waals surface area (Å²) in [5, 5.41) is 24.1. The molecule has 0 aliphatic carbocycles. The second-order valence-corrected chi connectivity index (χ2v) is 4.74. The summed E-state index contributed by atoms with van der Waals surface area (Å²) in [6, 6.07) is 5.14. The van der Waals surface area contributed by atoms with Crippen molar-refractivity contribution in [2.45, 2.75) is 0 Å². The highest BCUT2D eigenvalue weighted by Gasteiger charge is 2.12. The quantitative estimate of drug-likeness (QED) is 0.389. The fourth-order valence-electron chi connectivity index (χ4n) is 1.63. The first-order valence-corrected chi connectivity index (χ1v) is 7.14. The van der Waals surface area contributed by atoms with Gasteiger partial charge >= 0.3 is 5.97 Å². The third-order valence-electron chi connectivity index (χ3n) is 2.57. The number of hydrogen-bond acceptors (Lipinski definition) is 5. The molecule has 0 unspecified atom stereocenters. The number of nitriles is 1. The molecule has 112 valence electrons. The Balaban J connectivity index is 2.52. The number of carboxylic acids is 1. The van der Waals surface area contributed by atoms with E-state index in [4.69, 9.17) is 10.4 Å². The summed E-state index contributed by atoms with van der Waals surface area (Å²) in [6.07, 6.45) is 4.88. The van der Waals surface area contributed by atoms with E-state index in [1.54, 1.807) is 12.4 Å². The number of amidine groups is 1. The lowest BCUT2D eigenvalue weighted by molar-refractivity contribution is 0.0690. The van der Waals surface area contributed by atoms with E-state index in [0.29, 0.717) is 5.69 Å². The maximum atomic E-state index is 13.5. The first-order chi connectivity index (χ1) is 10.5. The zero-order chi connectivity index (χ0) is 16.1. The van der Waals surface area contributed by atoms with Crippen molar-refractivity contribution in [3.05, 3.63) is 42.0 Å². The zero-order valence-corrected chi connectivity index (χ0v) is 12.1. The summed E-state index contributed by atoms with van der Waals surface area (Å²) in [5.74, 6) is -1.67. The van der Waals surface area contributed by atoms with Gasteiger partial charge in [-0.25, -0.2) is 18.9 Å².